The molecule has 5 nitrogen and oxygen atoms in total. The summed E-state index contributed by atoms with van der Waals surface area (Å²) in [5.74, 6) is -0.230. The largest absolute Gasteiger partial charge is 0.493 e. The molecule has 0 aromatic heterocycles. The summed E-state index contributed by atoms with van der Waals surface area (Å²) in [5, 5.41) is 0. The van der Waals surface area contributed by atoms with Crippen LogP contribution in [0.3, 0.4) is 0 Å². The molecule has 0 atom stereocenters. The van der Waals surface area contributed by atoms with Gasteiger partial charge in [0.05, 0.1) is 20.3 Å². The maximum Gasteiger partial charge on any atom is 0.341 e. The number of rotatable bonds is 7. The molecule has 1 rings (SSSR count). The Morgan fingerprint density at radius 3 is 2.63 bits per heavy atom. The lowest BCUT2D eigenvalue weighted by Crippen LogP contribution is -2.09. The normalized spacial score (nSPS) is 9.79. The molecule has 0 saturated heterocycles. The van der Waals surface area contributed by atoms with E-state index in [2.05, 4.69) is 4.74 Å². The third-order valence-corrected chi connectivity index (χ3v) is 2.38. The second kappa shape index (κ2) is 8.13. The molecule has 0 aliphatic rings. The fourth-order valence-corrected chi connectivity index (χ4v) is 1.50. The predicted octanol–water partition coefficient (Wildman–Crippen LogP) is 2.20. The van der Waals surface area contributed by atoms with Crippen LogP contribution in [0.15, 0.2) is 24.3 Å². The SMILES string of the molecule is CCOC(=O)CCCOc1ccccc1C(=O)OC. The van der Waals surface area contributed by atoms with E-state index in [4.69, 9.17) is 9.47 Å². The summed E-state index contributed by atoms with van der Waals surface area (Å²) in [6.07, 6.45) is 0.836. The Balaban J connectivity index is 2.45. The summed E-state index contributed by atoms with van der Waals surface area (Å²) in [7, 11) is 1.32. The van der Waals surface area contributed by atoms with Gasteiger partial charge in [0.2, 0.25) is 0 Å². The van der Waals surface area contributed by atoms with Crippen LogP contribution < -0.4 is 4.74 Å². The highest BCUT2D eigenvalue weighted by atomic mass is 16.5. The lowest BCUT2D eigenvalue weighted by Gasteiger charge is -2.09. The van der Waals surface area contributed by atoms with Crippen molar-refractivity contribution in [2.45, 2.75) is 19.8 Å². The van der Waals surface area contributed by atoms with Crippen molar-refractivity contribution < 1.29 is 23.8 Å². The van der Waals surface area contributed by atoms with E-state index < -0.39 is 5.97 Å². The van der Waals surface area contributed by atoms with Gasteiger partial charge >= 0.3 is 11.9 Å². The second-order valence-corrected chi connectivity index (χ2v) is 3.74. The van der Waals surface area contributed by atoms with Crippen LogP contribution >= 0.6 is 0 Å². The van der Waals surface area contributed by atoms with E-state index in [9.17, 15) is 9.59 Å². The molecule has 19 heavy (non-hydrogen) atoms. The average Bonchev–Trinajstić information content (AvgIpc) is 2.43. The molecular formula is C14H18O5. The third kappa shape index (κ3) is 4.99. The molecular weight excluding hydrogens is 248 g/mol. The molecule has 0 fully saturated rings. The van der Waals surface area contributed by atoms with Crippen LogP contribution in [0, 0.1) is 0 Å². The first kappa shape index (κ1) is 15.0. The van der Waals surface area contributed by atoms with Crippen molar-refractivity contribution in [3.8, 4) is 5.75 Å². The van der Waals surface area contributed by atoms with Gasteiger partial charge in [-0.3, -0.25) is 4.79 Å². The predicted molar refractivity (Wildman–Crippen MR) is 69.1 cm³/mol. The highest BCUT2D eigenvalue weighted by molar-refractivity contribution is 5.92. The van der Waals surface area contributed by atoms with E-state index in [0.717, 1.165) is 0 Å². The highest BCUT2D eigenvalue weighted by Gasteiger charge is 2.12. The van der Waals surface area contributed by atoms with Crippen LogP contribution in [0.5, 0.6) is 5.75 Å². The van der Waals surface area contributed by atoms with E-state index in [1.807, 2.05) is 0 Å². The minimum Gasteiger partial charge on any atom is -0.493 e. The van der Waals surface area contributed by atoms with Crippen LogP contribution in [-0.4, -0.2) is 32.3 Å². The van der Waals surface area contributed by atoms with Crippen molar-refractivity contribution in [3.05, 3.63) is 29.8 Å². The molecule has 0 aliphatic carbocycles. The fraction of sp³-hybridized carbons (Fsp3) is 0.429. The van der Waals surface area contributed by atoms with Gasteiger partial charge in [0.15, 0.2) is 0 Å². The quantitative estimate of drug-likeness (QED) is 0.559. The molecule has 1 aromatic rings. The van der Waals surface area contributed by atoms with Crippen LogP contribution in [0.4, 0.5) is 0 Å². The zero-order valence-electron chi connectivity index (χ0n) is 11.2. The van der Waals surface area contributed by atoms with Gasteiger partial charge in [0.25, 0.3) is 0 Å². The molecule has 1 aromatic carbocycles. The standard InChI is InChI=1S/C14H18O5/c1-3-18-13(15)9-6-10-19-12-8-5-4-7-11(12)14(16)17-2/h4-5,7-8H,3,6,9-10H2,1-2H3. The first-order valence-corrected chi connectivity index (χ1v) is 6.14. The Hall–Kier alpha value is -2.04. The summed E-state index contributed by atoms with van der Waals surface area (Å²) in [5.41, 5.74) is 0.376. The number of methoxy groups -OCH3 is 1. The highest BCUT2D eigenvalue weighted by Crippen LogP contribution is 2.19. The van der Waals surface area contributed by atoms with Crippen LogP contribution in [0.2, 0.25) is 0 Å². The average molecular weight is 266 g/mol. The topological polar surface area (TPSA) is 61.8 Å². The maximum absolute atomic E-state index is 11.5. The molecule has 0 unspecified atom stereocenters. The number of ether oxygens (including phenoxy) is 3. The number of para-hydroxylation sites is 1. The summed E-state index contributed by atoms with van der Waals surface area (Å²) >= 11 is 0. The van der Waals surface area contributed by atoms with E-state index in [-0.39, 0.29) is 5.97 Å². The third-order valence-electron chi connectivity index (χ3n) is 2.38. The van der Waals surface area contributed by atoms with Crippen molar-refractivity contribution in [3.63, 3.8) is 0 Å². The Morgan fingerprint density at radius 1 is 1.21 bits per heavy atom. The number of carbonyl (C=O) groups excluding carboxylic acids is 2. The molecule has 0 heterocycles. The van der Waals surface area contributed by atoms with Crippen LogP contribution in [0.25, 0.3) is 0 Å². The molecule has 0 amide bonds. The van der Waals surface area contributed by atoms with Gasteiger partial charge in [-0.15, -0.1) is 0 Å². The van der Waals surface area contributed by atoms with Gasteiger partial charge in [0, 0.05) is 6.42 Å². The molecule has 0 radical (unpaired) electrons. The number of carbonyl (C=O) groups is 2. The summed E-state index contributed by atoms with van der Waals surface area (Å²) in [6, 6.07) is 6.83. The van der Waals surface area contributed by atoms with Crippen molar-refractivity contribution >= 4 is 11.9 Å². The molecule has 104 valence electrons. The molecule has 0 N–H and O–H groups in total. The number of hydrogen-bond acceptors (Lipinski definition) is 5. The van der Waals surface area contributed by atoms with Crippen molar-refractivity contribution in [1.82, 2.24) is 0 Å². The molecule has 0 bridgehead atoms. The Bertz CT molecular complexity index is 428. The number of hydrogen-bond donors (Lipinski definition) is 0. The fourth-order valence-electron chi connectivity index (χ4n) is 1.50. The van der Waals surface area contributed by atoms with Gasteiger partial charge in [0.1, 0.15) is 11.3 Å². The van der Waals surface area contributed by atoms with E-state index >= 15 is 0 Å². The minimum atomic E-state index is -0.444. The monoisotopic (exact) mass is 266 g/mol. The molecule has 0 saturated carbocycles. The van der Waals surface area contributed by atoms with Crippen molar-refractivity contribution in [1.29, 1.82) is 0 Å². The zero-order valence-corrected chi connectivity index (χ0v) is 11.2. The van der Waals surface area contributed by atoms with E-state index in [0.29, 0.717) is 37.4 Å². The van der Waals surface area contributed by atoms with Crippen LogP contribution in [0.1, 0.15) is 30.1 Å². The summed E-state index contributed by atoms with van der Waals surface area (Å²) in [6.45, 7) is 2.48. The molecule has 0 spiro atoms. The van der Waals surface area contributed by atoms with Crippen molar-refractivity contribution in [2.24, 2.45) is 0 Å². The Labute approximate surface area is 112 Å². The molecule has 5 heteroatoms. The zero-order chi connectivity index (χ0) is 14.1. The number of benzene rings is 1. The van der Waals surface area contributed by atoms with Crippen LogP contribution in [-0.2, 0) is 14.3 Å². The summed E-state index contributed by atoms with van der Waals surface area (Å²) < 4.78 is 14.9. The van der Waals surface area contributed by atoms with E-state index in [1.165, 1.54) is 7.11 Å². The van der Waals surface area contributed by atoms with E-state index in [1.54, 1.807) is 31.2 Å². The lowest BCUT2D eigenvalue weighted by molar-refractivity contribution is -0.143. The summed E-state index contributed by atoms with van der Waals surface area (Å²) in [4.78, 5) is 22.6. The Morgan fingerprint density at radius 2 is 1.95 bits per heavy atom. The second-order valence-electron chi connectivity index (χ2n) is 3.74. The molecule has 0 aliphatic heterocycles. The van der Waals surface area contributed by atoms with Gasteiger partial charge in [-0.1, -0.05) is 12.1 Å². The smallest absolute Gasteiger partial charge is 0.341 e. The van der Waals surface area contributed by atoms with Gasteiger partial charge in [-0.05, 0) is 25.5 Å². The van der Waals surface area contributed by atoms with Gasteiger partial charge < -0.3 is 14.2 Å². The first-order chi connectivity index (χ1) is 9.19. The maximum atomic E-state index is 11.5. The Kier molecular flexibility index (Phi) is 6.43. The lowest BCUT2D eigenvalue weighted by atomic mass is 10.2. The first-order valence-electron chi connectivity index (χ1n) is 6.14. The minimum absolute atomic E-state index is 0.243. The van der Waals surface area contributed by atoms with Gasteiger partial charge in [-0.2, -0.15) is 0 Å². The van der Waals surface area contributed by atoms with Gasteiger partial charge in [-0.25, -0.2) is 4.79 Å². The number of esters is 2. The van der Waals surface area contributed by atoms with Crippen molar-refractivity contribution in [2.75, 3.05) is 20.3 Å².